The number of urea groups is 1. The summed E-state index contributed by atoms with van der Waals surface area (Å²) in [6.45, 7) is 11.0. The van der Waals surface area contributed by atoms with Gasteiger partial charge < -0.3 is 31.5 Å². The van der Waals surface area contributed by atoms with E-state index in [0.717, 1.165) is 23.3 Å². The van der Waals surface area contributed by atoms with Gasteiger partial charge in [-0.3, -0.25) is 28.8 Å². The van der Waals surface area contributed by atoms with Crippen LogP contribution >= 0.6 is 11.3 Å². The summed E-state index contributed by atoms with van der Waals surface area (Å²) in [4.78, 5) is 85.3. The van der Waals surface area contributed by atoms with Crippen molar-refractivity contribution in [2.45, 2.75) is 130 Å². The van der Waals surface area contributed by atoms with E-state index in [1.54, 1.807) is 43.5 Å². The molecule has 57 heavy (non-hydrogen) atoms. The first kappa shape index (κ1) is 48.1. The molecule has 15 nitrogen and oxygen atoms in total. The molecule has 16 heteroatoms. The van der Waals surface area contributed by atoms with Gasteiger partial charge in [0.25, 0.3) is 5.91 Å². The van der Waals surface area contributed by atoms with Gasteiger partial charge in [-0.2, -0.15) is 0 Å². The zero-order valence-electron chi connectivity index (χ0n) is 34.1. The van der Waals surface area contributed by atoms with Gasteiger partial charge in [-0.25, -0.2) is 14.8 Å². The molecule has 314 valence electrons. The van der Waals surface area contributed by atoms with Crippen molar-refractivity contribution >= 4 is 52.7 Å². The van der Waals surface area contributed by atoms with Crippen LogP contribution in [0.5, 0.6) is 0 Å². The zero-order chi connectivity index (χ0) is 42.5. The minimum absolute atomic E-state index is 0.0660. The Morgan fingerprint density at radius 2 is 1.75 bits per heavy atom. The summed E-state index contributed by atoms with van der Waals surface area (Å²) >= 11 is 1.14. The van der Waals surface area contributed by atoms with E-state index in [2.05, 4.69) is 26.9 Å². The lowest BCUT2D eigenvalue weighted by Gasteiger charge is -2.35. The van der Waals surface area contributed by atoms with E-state index >= 15 is 0 Å². The number of carbonyl (C=O) groups excluding carboxylic acids is 5. The van der Waals surface area contributed by atoms with Crippen LogP contribution in [-0.4, -0.2) is 76.1 Å². The number of nitrogens with two attached hydrogens (primary N) is 1. The van der Waals surface area contributed by atoms with Crippen LogP contribution in [0, 0.1) is 23.7 Å². The number of hydrogen-bond donors (Lipinski definition) is 5. The SMILES string of the molecule is C#CCCCON(C(=O)CCCC)C(CC(OC(C)=O)c1nc(C(=O)NC(Cc2ccc(NC(=O)CCCCNC(N)=O)cc2)CC(C)(C)C(=O)O)cs1)C(C)C. The number of aromatic nitrogens is 1. The summed E-state index contributed by atoms with van der Waals surface area (Å²) in [5.74, 6) is -0.0107. The molecule has 0 aliphatic rings. The maximum absolute atomic E-state index is 13.7. The molecule has 5 amide bonds. The Kier molecular flexibility index (Phi) is 20.8. The van der Waals surface area contributed by atoms with E-state index < -0.39 is 47.5 Å². The number of aliphatic carboxylic acids is 1. The van der Waals surface area contributed by atoms with Gasteiger partial charge in [-0.1, -0.05) is 39.3 Å². The number of esters is 1. The average Bonchev–Trinajstić information content (AvgIpc) is 3.63. The van der Waals surface area contributed by atoms with Crippen molar-refractivity contribution in [1.29, 1.82) is 0 Å². The number of nitrogens with zero attached hydrogens (tertiary/aromatic N) is 2. The van der Waals surface area contributed by atoms with Gasteiger partial charge in [0, 0.05) is 56.3 Å². The number of hydrogen-bond acceptors (Lipinski definition) is 10. The highest BCUT2D eigenvalue weighted by atomic mass is 32.1. The molecule has 1 aromatic carbocycles. The molecule has 0 fully saturated rings. The number of carboxylic acids is 1. The fourth-order valence-corrected chi connectivity index (χ4v) is 6.76. The summed E-state index contributed by atoms with van der Waals surface area (Å²) in [5, 5.41) is 21.5. The van der Waals surface area contributed by atoms with Crippen molar-refractivity contribution in [1.82, 2.24) is 20.7 Å². The number of carbonyl (C=O) groups is 6. The summed E-state index contributed by atoms with van der Waals surface area (Å²) in [5.41, 5.74) is 5.31. The predicted octanol–water partition coefficient (Wildman–Crippen LogP) is 6.14. The molecule has 0 saturated heterocycles. The van der Waals surface area contributed by atoms with Crippen molar-refractivity contribution in [3.8, 4) is 12.3 Å². The molecule has 0 aliphatic heterocycles. The van der Waals surface area contributed by atoms with Gasteiger partial charge in [-0.15, -0.1) is 23.7 Å². The third kappa shape index (κ3) is 17.8. The number of rotatable bonds is 26. The number of carboxylic acid groups (broad SMARTS) is 1. The topological polar surface area (TPSA) is 219 Å². The Labute approximate surface area is 340 Å². The molecular formula is C41H60N6O9S. The molecule has 3 atom stereocenters. The smallest absolute Gasteiger partial charge is 0.312 e. The minimum Gasteiger partial charge on any atom is -0.481 e. The quantitative estimate of drug-likeness (QED) is 0.0316. The van der Waals surface area contributed by atoms with Crippen LogP contribution in [0.2, 0.25) is 0 Å². The molecule has 0 saturated carbocycles. The number of unbranched alkanes of at least 4 members (excludes halogenated alkanes) is 3. The van der Waals surface area contributed by atoms with Crippen LogP contribution < -0.4 is 21.7 Å². The molecule has 1 aromatic heterocycles. The van der Waals surface area contributed by atoms with E-state index in [-0.39, 0.29) is 62.1 Å². The summed E-state index contributed by atoms with van der Waals surface area (Å²) in [6, 6.07) is 5.33. The summed E-state index contributed by atoms with van der Waals surface area (Å²) in [6.07, 6.45) is 9.35. The van der Waals surface area contributed by atoms with E-state index in [0.29, 0.717) is 49.3 Å². The van der Waals surface area contributed by atoms with Crippen molar-refractivity contribution < 1.29 is 43.4 Å². The molecular weight excluding hydrogens is 753 g/mol. The van der Waals surface area contributed by atoms with Crippen LogP contribution in [0.1, 0.15) is 133 Å². The molecule has 0 bridgehead atoms. The van der Waals surface area contributed by atoms with Crippen molar-refractivity contribution in [3.05, 3.63) is 45.9 Å². The van der Waals surface area contributed by atoms with Crippen molar-refractivity contribution in [3.63, 3.8) is 0 Å². The number of amides is 5. The number of terminal acetylenes is 1. The van der Waals surface area contributed by atoms with E-state index in [4.69, 9.17) is 21.7 Å². The molecule has 0 spiro atoms. The molecule has 0 aliphatic carbocycles. The number of thiazole rings is 1. The Morgan fingerprint density at radius 3 is 2.35 bits per heavy atom. The maximum atomic E-state index is 13.7. The van der Waals surface area contributed by atoms with Gasteiger partial charge in [0.15, 0.2) is 6.10 Å². The Balaban J connectivity index is 2.26. The fraction of sp³-hybridized carbons (Fsp3) is 0.585. The van der Waals surface area contributed by atoms with Crippen LogP contribution in [0.25, 0.3) is 0 Å². The second-order valence-electron chi connectivity index (χ2n) is 14.9. The monoisotopic (exact) mass is 812 g/mol. The second kappa shape index (κ2) is 24.6. The highest BCUT2D eigenvalue weighted by Crippen LogP contribution is 2.32. The number of primary amides is 1. The van der Waals surface area contributed by atoms with E-state index in [9.17, 15) is 33.9 Å². The lowest BCUT2D eigenvalue weighted by molar-refractivity contribution is -0.210. The first-order valence-electron chi connectivity index (χ1n) is 19.4. The van der Waals surface area contributed by atoms with Crippen LogP contribution in [0.4, 0.5) is 10.5 Å². The molecule has 1 heterocycles. The summed E-state index contributed by atoms with van der Waals surface area (Å²) < 4.78 is 5.73. The second-order valence-corrected chi connectivity index (χ2v) is 15.8. The number of ether oxygens (including phenoxy) is 1. The first-order chi connectivity index (χ1) is 27.0. The third-order valence-corrected chi connectivity index (χ3v) is 10.0. The minimum atomic E-state index is -1.18. The van der Waals surface area contributed by atoms with Crippen LogP contribution in [-0.2, 0) is 35.2 Å². The van der Waals surface area contributed by atoms with Gasteiger partial charge in [-0.05, 0) is 76.0 Å². The van der Waals surface area contributed by atoms with Gasteiger partial charge >= 0.3 is 18.0 Å². The average molecular weight is 813 g/mol. The predicted molar refractivity (Wildman–Crippen MR) is 218 cm³/mol. The van der Waals surface area contributed by atoms with E-state index in [1.807, 2.05) is 20.8 Å². The Bertz CT molecular complexity index is 1670. The third-order valence-electron chi connectivity index (χ3n) is 9.07. The largest absolute Gasteiger partial charge is 0.481 e. The van der Waals surface area contributed by atoms with Crippen LogP contribution in [0.3, 0.4) is 0 Å². The first-order valence-corrected chi connectivity index (χ1v) is 20.3. The molecule has 2 rings (SSSR count). The summed E-state index contributed by atoms with van der Waals surface area (Å²) in [7, 11) is 0. The molecule has 2 aromatic rings. The van der Waals surface area contributed by atoms with Crippen LogP contribution in [0.15, 0.2) is 29.6 Å². The molecule has 6 N–H and O–H groups in total. The maximum Gasteiger partial charge on any atom is 0.312 e. The number of benzene rings is 1. The lowest BCUT2D eigenvalue weighted by Crippen LogP contribution is -2.44. The standard InChI is InChI=1S/C41H60N6O9S/c1-8-10-14-22-55-47(36(50)16-11-9-2)33(27(3)4)24-34(56-28(5)48)38-46-32(26-57-38)37(51)45-31(25-41(6,7)39(52)53)23-29-17-19-30(20-18-29)44-35(49)15-12-13-21-43-40(42)54/h1,17-20,26-27,31,33-34H,9-16,21-25H2,2-7H3,(H,44,49)(H,45,51)(H,52,53)(H3,42,43,54). The van der Waals surface area contributed by atoms with Gasteiger partial charge in [0.05, 0.1) is 18.1 Å². The zero-order valence-corrected chi connectivity index (χ0v) is 34.9. The normalized spacial score (nSPS) is 12.8. The number of hydroxylamine groups is 2. The van der Waals surface area contributed by atoms with E-state index in [1.165, 1.54) is 12.0 Å². The Hall–Kier alpha value is -5.01. The molecule has 0 radical (unpaired) electrons. The van der Waals surface area contributed by atoms with Crippen molar-refractivity contribution in [2.75, 3.05) is 18.5 Å². The van der Waals surface area contributed by atoms with Crippen molar-refractivity contribution in [2.24, 2.45) is 17.1 Å². The molecule has 3 unspecified atom stereocenters. The Morgan fingerprint density at radius 1 is 1.05 bits per heavy atom. The number of anilines is 1. The highest BCUT2D eigenvalue weighted by Gasteiger charge is 2.35. The lowest BCUT2D eigenvalue weighted by atomic mass is 9.84. The van der Waals surface area contributed by atoms with Gasteiger partial charge in [0.1, 0.15) is 10.7 Å². The fourth-order valence-electron chi connectivity index (χ4n) is 5.92. The number of nitrogens with one attached hydrogen (secondary N) is 3. The highest BCUT2D eigenvalue weighted by molar-refractivity contribution is 7.09. The van der Waals surface area contributed by atoms with Gasteiger partial charge in [0.2, 0.25) is 11.8 Å².